The van der Waals surface area contributed by atoms with Crippen molar-refractivity contribution in [3.63, 3.8) is 0 Å². The summed E-state index contributed by atoms with van der Waals surface area (Å²) in [6.45, 7) is 8.89. The summed E-state index contributed by atoms with van der Waals surface area (Å²) in [6, 6.07) is 1.99. The van der Waals surface area contributed by atoms with E-state index in [1.807, 2.05) is 26.1 Å². The third-order valence-electron chi connectivity index (χ3n) is 2.95. The Hall–Kier alpha value is -1.97. The topological polar surface area (TPSA) is 50.7 Å². The minimum atomic E-state index is 0.823. The maximum atomic E-state index is 4.66. The van der Waals surface area contributed by atoms with E-state index < -0.39 is 0 Å². The molecular formula is C14H18N4. The van der Waals surface area contributed by atoms with Gasteiger partial charge in [0.2, 0.25) is 0 Å². The predicted octanol–water partition coefficient (Wildman–Crippen LogP) is 2.90. The molecule has 4 heteroatoms. The molecule has 0 atom stereocenters. The van der Waals surface area contributed by atoms with E-state index in [1.165, 1.54) is 0 Å². The summed E-state index contributed by atoms with van der Waals surface area (Å²) in [5.41, 5.74) is 4.97. The van der Waals surface area contributed by atoms with Gasteiger partial charge in [0.05, 0.1) is 11.4 Å². The molecule has 2 heterocycles. The lowest BCUT2D eigenvalue weighted by Gasteiger charge is -2.13. The van der Waals surface area contributed by atoms with Gasteiger partial charge in [-0.3, -0.25) is 4.98 Å². The second kappa shape index (κ2) is 5.12. The van der Waals surface area contributed by atoms with Gasteiger partial charge in [0, 0.05) is 24.5 Å². The van der Waals surface area contributed by atoms with Crippen LogP contribution in [0.1, 0.15) is 23.9 Å². The quantitative estimate of drug-likeness (QED) is 0.899. The standard InChI is InChI=1S/C14H18N4/c1-5-16-14-13(17-10(3)11(4)18-14)12-8-15-7-6-9(12)2/h6-8H,5H2,1-4H3,(H,16,18). The first-order valence-electron chi connectivity index (χ1n) is 6.13. The minimum absolute atomic E-state index is 0.823. The van der Waals surface area contributed by atoms with Crippen LogP contribution in [0, 0.1) is 20.8 Å². The van der Waals surface area contributed by atoms with Gasteiger partial charge >= 0.3 is 0 Å². The summed E-state index contributed by atoms with van der Waals surface area (Å²) >= 11 is 0. The maximum absolute atomic E-state index is 4.66. The average Bonchev–Trinajstić information content (AvgIpc) is 2.35. The Balaban J connectivity index is 2.62. The van der Waals surface area contributed by atoms with Crippen LogP contribution in [0.3, 0.4) is 0 Å². The van der Waals surface area contributed by atoms with Crippen molar-refractivity contribution in [2.45, 2.75) is 27.7 Å². The van der Waals surface area contributed by atoms with Gasteiger partial charge in [-0.1, -0.05) is 0 Å². The van der Waals surface area contributed by atoms with E-state index in [2.05, 4.69) is 34.1 Å². The molecule has 0 aliphatic heterocycles. The van der Waals surface area contributed by atoms with E-state index in [9.17, 15) is 0 Å². The molecule has 0 spiro atoms. The number of rotatable bonds is 3. The van der Waals surface area contributed by atoms with Crippen LogP contribution < -0.4 is 5.32 Å². The number of aromatic nitrogens is 3. The molecule has 18 heavy (non-hydrogen) atoms. The maximum Gasteiger partial charge on any atom is 0.152 e. The number of anilines is 1. The largest absolute Gasteiger partial charge is 0.369 e. The number of hydrogen-bond acceptors (Lipinski definition) is 4. The Morgan fingerprint density at radius 2 is 1.83 bits per heavy atom. The molecule has 0 saturated heterocycles. The van der Waals surface area contributed by atoms with Crippen molar-refractivity contribution in [2.75, 3.05) is 11.9 Å². The molecule has 0 unspecified atom stereocenters. The Kier molecular flexibility index (Phi) is 3.55. The number of nitrogens with zero attached hydrogens (tertiary/aromatic N) is 3. The van der Waals surface area contributed by atoms with Gasteiger partial charge in [0.15, 0.2) is 5.82 Å². The van der Waals surface area contributed by atoms with Crippen molar-refractivity contribution in [2.24, 2.45) is 0 Å². The van der Waals surface area contributed by atoms with Crippen LogP contribution in [0.5, 0.6) is 0 Å². The number of aryl methyl sites for hydroxylation is 3. The lowest BCUT2D eigenvalue weighted by molar-refractivity contribution is 1.03. The van der Waals surface area contributed by atoms with Crippen LogP contribution in [0.2, 0.25) is 0 Å². The highest BCUT2D eigenvalue weighted by Crippen LogP contribution is 2.27. The van der Waals surface area contributed by atoms with Crippen LogP contribution >= 0.6 is 0 Å². The first kappa shape index (κ1) is 12.5. The molecule has 1 N–H and O–H groups in total. The third kappa shape index (κ3) is 2.32. The SMILES string of the molecule is CCNc1nc(C)c(C)nc1-c1cnccc1C. The van der Waals surface area contributed by atoms with E-state index in [1.54, 1.807) is 6.20 Å². The predicted molar refractivity (Wildman–Crippen MR) is 73.6 cm³/mol. The first-order valence-corrected chi connectivity index (χ1v) is 6.13. The molecule has 0 bridgehead atoms. The number of pyridine rings is 1. The van der Waals surface area contributed by atoms with E-state index in [-0.39, 0.29) is 0 Å². The van der Waals surface area contributed by atoms with Gasteiger partial charge in [0.25, 0.3) is 0 Å². The zero-order valence-corrected chi connectivity index (χ0v) is 11.3. The van der Waals surface area contributed by atoms with Gasteiger partial charge in [-0.25, -0.2) is 9.97 Å². The smallest absolute Gasteiger partial charge is 0.152 e. The van der Waals surface area contributed by atoms with Crippen LogP contribution in [-0.4, -0.2) is 21.5 Å². The Bertz CT molecular complexity index is 564. The molecular weight excluding hydrogens is 224 g/mol. The monoisotopic (exact) mass is 242 g/mol. The van der Waals surface area contributed by atoms with E-state index >= 15 is 0 Å². The Morgan fingerprint density at radius 1 is 1.11 bits per heavy atom. The van der Waals surface area contributed by atoms with Crippen LogP contribution in [0.4, 0.5) is 5.82 Å². The molecule has 2 aromatic rings. The highest BCUT2D eigenvalue weighted by molar-refractivity contribution is 5.73. The molecule has 0 amide bonds. The summed E-state index contributed by atoms with van der Waals surface area (Å²) in [5.74, 6) is 0.830. The second-order valence-electron chi connectivity index (χ2n) is 4.31. The van der Waals surface area contributed by atoms with Crippen LogP contribution in [0.15, 0.2) is 18.5 Å². The fourth-order valence-electron chi connectivity index (χ4n) is 1.79. The summed E-state index contributed by atoms with van der Waals surface area (Å²) in [7, 11) is 0. The third-order valence-corrected chi connectivity index (χ3v) is 2.95. The average molecular weight is 242 g/mol. The molecule has 2 aromatic heterocycles. The normalized spacial score (nSPS) is 10.4. The lowest BCUT2D eigenvalue weighted by Crippen LogP contribution is -2.06. The van der Waals surface area contributed by atoms with Crippen molar-refractivity contribution in [1.82, 2.24) is 15.0 Å². The highest BCUT2D eigenvalue weighted by Gasteiger charge is 2.12. The molecule has 4 nitrogen and oxygen atoms in total. The van der Waals surface area contributed by atoms with Gasteiger partial charge < -0.3 is 5.32 Å². The summed E-state index contributed by atoms with van der Waals surface area (Å²) in [6.07, 6.45) is 3.63. The zero-order valence-electron chi connectivity index (χ0n) is 11.3. The molecule has 0 aliphatic rings. The summed E-state index contributed by atoms with van der Waals surface area (Å²) < 4.78 is 0. The molecule has 0 saturated carbocycles. The van der Waals surface area contributed by atoms with Crippen molar-refractivity contribution in [3.05, 3.63) is 35.4 Å². The minimum Gasteiger partial charge on any atom is -0.369 e. The summed E-state index contributed by atoms with van der Waals surface area (Å²) in [4.78, 5) is 13.4. The lowest BCUT2D eigenvalue weighted by atomic mass is 10.1. The van der Waals surface area contributed by atoms with E-state index in [0.29, 0.717) is 0 Å². The highest BCUT2D eigenvalue weighted by atomic mass is 15.0. The molecule has 0 radical (unpaired) electrons. The van der Waals surface area contributed by atoms with Gasteiger partial charge in [-0.2, -0.15) is 0 Å². The molecule has 2 rings (SSSR count). The fourth-order valence-corrected chi connectivity index (χ4v) is 1.79. The Labute approximate surface area is 108 Å². The number of hydrogen-bond donors (Lipinski definition) is 1. The summed E-state index contributed by atoms with van der Waals surface area (Å²) in [5, 5.41) is 3.27. The van der Waals surface area contributed by atoms with Crippen LogP contribution in [-0.2, 0) is 0 Å². The number of nitrogens with one attached hydrogen (secondary N) is 1. The van der Waals surface area contributed by atoms with Crippen molar-refractivity contribution >= 4 is 5.82 Å². The van der Waals surface area contributed by atoms with Crippen molar-refractivity contribution in [3.8, 4) is 11.3 Å². The first-order chi connectivity index (χ1) is 8.63. The van der Waals surface area contributed by atoms with Gasteiger partial charge in [-0.05, 0) is 39.3 Å². The van der Waals surface area contributed by atoms with Crippen molar-refractivity contribution < 1.29 is 0 Å². The zero-order chi connectivity index (χ0) is 13.1. The van der Waals surface area contributed by atoms with Gasteiger partial charge in [0.1, 0.15) is 5.69 Å². The molecule has 94 valence electrons. The molecule has 0 aliphatic carbocycles. The van der Waals surface area contributed by atoms with Crippen LogP contribution in [0.25, 0.3) is 11.3 Å². The molecule has 0 aromatic carbocycles. The van der Waals surface area contributed by atoms with E-state index in [4.69, 9.17) is 0 Å². The second-order valence-corrected chi connectivity index (χ2v) is 4.31. The molecule has 0 fully saturated rings. The fraction of sp³-hybridized carbons (Fsp3) is 0.357. The Morgan fingerprint density at radius 3 is 2.50 bits per heavy atom. The van der Waals surface area contributed by atoms with Gasteiger partial charge in [-0.15, -0.1) is 0 Å². The van der Waals surface area contributed by atoms with E-state index in [0.717, 1.165) is 40.6 Å². The van der Waals surface area contributed by atoms with Crippen molar-refractivity contribution in [1.29, 1.82) is 0 Å².